The van der Waals surface area contributed by atoms with E-state index < -0.39 is 0 Å². The molecule has 50 heavy (non-hydrogen) atoms. The van der Waals surface area contributed by atoms with Crippen molar-refractivity contribution in [2.45, 2.75) is 6.42 Å². The summed E-state index contributed by atoms with van der Waals surface area (Å²) in [7, 11) is 0. The molecule has 2 atom stereocenters. The van der Waals surface area contributed by atoms with E-state index in [0.717, 1.165) is 55.0 Å². The fraction of sp³-hybridized carbons (Fsp3) is 0.0667. The fourth-order valence-corrected chi connectivity index (χ4v) is 8.70. The van der Waals surface area contributed by atoms with E-state index >= 15 is 0 Å². The summed E-state index contributed by atoms with van der Waals surface area (Å²) >= 11 is 0. The van der Waals surface area contributed by atoms with Crippen molar-refractivity contribution in [2.24, 2.45) is 11.8 Å². The van der Waals surface area contributed by atoms with E-state index in [1.54, 1.807) is 6.07 Å². The molecular weight excluding hydrogens is 611 g/mol. The van der Waals surface area contributed by atoms with Crippen molar-refractivity contribution in [1.82, 2.24) is 13.7 Å². The maximum Gasteiger partial charge on any atom is 0.101 e. The first-order valence-electron chi connectivity index (χ1n) is 17.1. The highest BCUT2D eigenvalue weighted by molar-refractivity contribution is 6.19. The summed E-state index contributed by atoms with van der Waals surface area (Å²) in [6.45, 7) is 0. The van der Waals surface area contributed by atoms with E-state index in [9.17, 15) is 10.5 Å². The number of allylic oxidation sites excluding steroid dienone is 4. The number of hydrogen-bond donors (Lipinski definition) is 0. The number of rotatable bonds is 3. The van der Waals surface area contributed by atoms with Gasteiger partial charge in [-0.05, 0) is 66.9 Å². The monoisotopic (exact) mass is 637 g/mol. The van der Waals surface area contributed by atoms with Crippen molar-refractivity contribution in [2.75, 3.05) is 0 Å². The molecule has 0 amide bonds. The minimum absolute atomic E-state index is 0.454. The molecule has 6 aromatic carbocycles. The van der Waals surface area contributed by atoms with Crippen LogP contribution in [0.4, 0.5) is 0 Å². The first kappa shape index (κ1) is 27.2. The van der Waals surface area contributed by atoms with Crippen molar-refractivity contribution in [1.29, 1.82) is 10.5 Å². The zero-order valence-electron chi connectivity index (χ0n) is 26.9. The number of para-hydroxylation sites is 4. The fourth-order valence-electron chi connectivity index (χ4n) is 8.70. The molecule has 0 spiro atoms. The Morgan fingerprint density at radius 1 is 0.480 bits per heavy atom. The average Bonchev–Trinajstić information content (AvgIpc) is 3.69. The van der Waals surface area contributed by atoms with Crippen molar-refractivity contribution in [3.05, 3.63) is 151 Å². The van der Waals surface area contributed by atoms with Gasteiger partial charge in [-0.15, -0.1) is 0 Å². The lowest BCUT2D eigenvalue weighted by Crippen LogP contribution is -2.04. The van der Waals surface area contributed by atoms with Crippen LogP contribution in [0, 0.1) is 34.5 Å². The molecule has 5 heteroatoms. The molecule has 0 aliphatic heterocycles. The first-order valence-corrected chi connectivity index (χ1v) is 17.1. The van der Waals surface area contributed by atoms with E-state index in [4.69, 9.17) is 0 Å². The predicted molar refractivity (Wildman–Crippen MR) is 203 cm³/mol. The molecule has 9 aromatic rings. The van der Waals surface area contributed by atoms with Crippen molar-refractivity contribution in [3.8, 4) is 23.5 Å². The van der Waals surface area contributed by atoms with Gasteiger partial charge in [0.2, 0.25) is 0 Å². The minimum atomic E-state index is 0.454. The van der Waals surface area contributed by atoms with Gasteiger partial charge in [0.25, 0.3) is 0 Å². The Balaban J connectivity index is 1.26. The summed E-state index contributed by atoms with van der Waals surface area (Å²) in [5.74, 6) is 1.17. The number of benzene rings is 6. The maximum atomic E-state index is 10.6. The zero-order chi connectivity index (χ0) is 33.1. The molecule has 0 bridgehead atoms. The van der Waals surface area contributed by atoms with E-state index in [2.05, 4.69) is 141 Å². The highest BCUT2D eigenvalue weighted by Gasteiger charge is 2.40. The van der Waals surface area contributed by atoms with Gasteiger partial charge in [-0.1, -0.05) is 84.9 Å². The Morgan fingerprint density at radius 3 is 1.44 bits per heavy atom. The minimum Gasteiger partial charge on any atom is -0.313 e. The second-order valence-corrected chi connectivity index (χ2v) is 13.6. The Bertz CT molecular complexity index is 3060. The largest absolute Gasteiger partial charge is 0.313 e. The van der Waals surface area contributed by atoms with Gasteiger partial charge in [0.15, 0.2) is 0 Å². The van der Waals surface area contributed by atoms with Gasteiger partial charge in [0.1, 0.15) is 12.1 Å². The molecular formula is C45H27N5. The smallest absolute Gasteiger partial charge is 0.101 e. The van der Waals surface area contributed by atoms with Crippen LogP contribution in [0.25, 0.3) is 82.5 Å². The van der Waals surface area contributed by atoms with E-state index in [-0.39, 0.29) is 0 Å². The third kappa shape index (κ3) is 3.53. The molecule has 0 N–H and O–H groups in total. The summed E-state index contributed by atoms with van der Waals surface area (Å²) in [6, 6.07) is 47.1. The highest BCUT2D eigenvalue weighted by atomic mass is 15.0. The third-order valence-electron chi connectivity index (χ3n) is 11.0. The van der Waals surface area contributed by atoms with Crippen molar-refractivity contribution < 1.29 is 0 Å². The van der Waals surface area contributed by atoms with E-state index in [0.29, 0.717) is 23.0 Å². The lowest BCUT2D eigenvalue weighted by Gasteiger charge is -2.16. The Kier molecular flexibility index (Phi) is 5.36. The van der Waals surface area contributed by atoms with Crippen LogP contribution in [0.3, 0.4) is 0 Å². The van der Waals surface area contributed by atoms with Gasteiger partial charge in [0, 0.05) is 43.9 Å². The van der Waals surface area contributed by atoms with Gasteiger partial charge < -0.3 is 13.7 Å². The van der Waals surface area contributed by atoms with Crippen molar-refractivity contribution in [3.63, 3.8) is 0 Å². The standard InChI is InChI=1S/C45H27N5/c46-25-28-20-29(26-47)43(24-42(28)48-37-15-5-1-11-30(37)31-12-2-6-16-38(31)48)50-40-18-8-4-14-33(40)36-22-44-35(23-45(36)50)32-13-3-7-17-39(32)49(44)41-19-9-10-27-21-34(27)41/h1-20,22-24,27,34H,21H2/t27?,34-/m0/s1. The highest BCUT2D eigenvalue weighted by Crippen LogP contribution is 2.51. The van der Waals surface area contributed by atoms with Gasteiger partial charge in [-0.25, -0.2) is 0 Å². The Morgan fingerprint density at radius 2 is 0.920 bits per heavy atom. The number of nitrogens with zero attached hydrogens (tertiary/aromatic N) is 5. The maximum absolute atomic E-state index is 10.6. The zero-order valence-corrected chi connectivity index (χ0v) is 26.9. The normalized spacial score (nSPS) is 16.7. The second kappa shape index (κ2) is 9.86. The van der Waals surface area contributed by atoms with Crippen LogP contribution in [-0.4, -0.2) is 13.7 Å². The van der Waals surface area contributed by atoms with E-state index in [1.807, 2.05) is 18.2 Å². The SMILES string of the molecule is N#Cc1cc(C#N)c(-n2c3ccccc3c3cc4c(cc32)c2ccccc2n4C2=CC=CC3C[C@H]23)cc1-n1c2ccccc2c2ccccc21. The molecule has 232 valence electrons. The number of nitriles is 2. The van der Waals surface area contributed by atoms with Crippen molar-refractivity contribution >= 4 is 71.1 Å². The van der Waals surface area contributed by atoms with Crippen LogP contribution < -0.4 is 0 Å². The van der Waals surface area contributed by atoms with Gasteiger partial charge in [-0.2, -0.15) is 10.5 Å². The second-order valence-electron chi connectivity index (χ2n) is 13.6. The lowest BCUT2D eigenvalue weighted by atomic mass is 10.1. The summed E-state index contributed by atoms with van der Waals surface area (Å²) in [5, 5.41) is 28.0. The van der Waals surface area contributed by atoms with Crippen LogP contribution in [0.5, 0.6) is 0 Å². The van der Waals surface area contributed by atoms with Gasteiger partial charge in [0.05, 0.1) is 55.6 Å². The predicted octanol–water partition coefficient (Wildman–Crippen LogP) is 10.8. The van der Waals surface area contributed by atoms with Crippen LogP contribution in [-0.2, 0) is 0 Å². The van der Waals surface area contributed by atoms with E-state index in [1.165, 1.54) is 33.9 Å². The van der Waals surface area contributed by atoms with Gasteiger partial charge >= 0.3 is 0 Å². The van der Waals surface area contributed by atoms with Crippen LogP contribution in [0.1, 0.15) is 17.5 Å². The molecule has 0 saturated heterocycles. The van der Waals surface area contributed by atoms with Gasteiger partial charge in [-0.3, -0.25) is 0 Å². The van der Waals surface area contributed by atoms with Crippen LogP contribution in [0.15, 0.2) is 140 Å². The molecule has 3 heterocycles. The molecule has 11 rings (SSSR count). The third-order valence-corrected chi connectivity index (χ3v) is 11.0. The van der Waals surface area contributed by atoms with Crippen LogP contribution in [0.2, 0.25) is 0 Å². The quantitative estimate of drug-likeness (QED) is 0.193. The molecule has 1 fully saturated rings. The first-order chi connectivity index (χ1) is 24.7. The molecule has 3 aromatic heterocycles. The number of fused-ring (bicyclic) bond motifs is 10. The Hall–Kier alpha value is -6.82. The number of hydrogen-bond acceptors (Lipinski definition) is 2. The molecule has 2 aliphatic carbocycles. The average molecular weight is 638 g/mol. The summed E-state index contributed by atoms with van der Waals surface area (Å²) in [5.41, 5.74) is 10.2. The molecule has 1 unspecified atom stereocenters. The Labute approximate surface area is 287 Å². The molecule has 2 aliphatic rings. The number of aromatic nitrogens is 3. The molecule has 0 radical (unpaired) electrons. The lowest BCUT2D eigenvalue weighted by molar-refractivity contribution is 0.936. The van der Waals surface area contributed by atoms with Crippen LogP contribution >= 0.6 is 0 Å². The topological polar surface area (TPSA) is 62.4 Å². The summed E-state index contributed by atoms with van der Waals surface area (Å²) < 4.78 is 6.88. The molecule has 5 nitrogen and oxygen atoms in total. The molecule has 1 saturated carbocycles. The summed E-state index contributed by atoms with van der Waals surface area (Å²) in [6.07, 6.45) is 8.05. The summed E-state index contributed by atoms with van der Waals surface area (Å²) in [4.78, 5) is 0.